The van der Waals surface area contributed by atoms with Gasteiger partial charge in [0.15, 0.2) is 0 Å². The molecule has 0 radical (unpaired) electrons. The topological polar surface area (TPSA) is 70.4 Å². The minimum absolute atomic E-state index is 0.00203. The van der Waals surface area contributed by atoms with Gasteiger partial charge in [-0.1, -0.05) is 36.4 Å². The summed E-state index contributed by atoms with van der Waals surface area (Å²) in [6.45, 7) is 0.232. The molecule has 1 amide bonds. The van der Waals surface area contributed by atoms with Crippen LogP contribution >= 0.6 is 0 Å². The summed E-state index contributed by atoms with van der Waals surface area (Å²) in [6.07, 6.45) is 3.62. The van der Waals surface area contributed by atoms with Gasteiger partial charge in [0.1, 0.15) is 18.2 Å². The lowest BCUT2D eigenvalue weighted by Gasteiger charge is -2.47. The smallest absolute Gasteiger partial charge is 0.410 e. The number of Topliss-reactive ketones (excluding diaryl/α,β-unsaturated/α-hetero) is 1. The first-order chi connectivity index (χ1) is 15.0. The summed E-state index contributed by atoms with van der Waals surface area (Å²) in [6, 6.07) is 15.7. The van der Waals surface area contributed by atoms with Gasteiger partial charge in [-0.2, -0.15) is 5.26 Å². The van der Waals surface area contributed by atoms with E-state index in [0.29, 0.717) is 18.4 Å². The standard InChI is InChI=1S/C25H25FN2O3/c26-23-11-18(15-27)9-10-19(23)14-24(29)20-12-21-7-4-8-22(13-20)28(21)25(30)31-16-17-5-2-1-3-6-17/h1-3,5-6,9-11,20-22H,4,7-8,12-14,16H2. The van der Waals surface area contributed by atoms with Gasteiger partial charge < -0.3 is 9.64 Å². The highest BCUT2D eigenvalue weighted by Gasteiger charge is 2.43. The average molecular weight is 420 g/mol. The molecule has 2 fully saturated rings. The molecule has 160 valence electrons. The average Bonchev–Trinajstić information content (AvgIpc) is 2.78. The van der Waals surface area contributed by atoms with Gasteiger partial charge in [-0.3, -0.25) is 4.79 Å². The van der Waals surface area contributed by atoms with Crippen molar-refractivity contribution in [2.75, 3.05) is 0 Å². The lowest BCUT2D eigenvalue weighted by atomic mass is 9.76. The van der Waals surface area contributed by atoms with Crippen molar-refractivity contribution in [2.24, 2.45) is 5.92 Å². The van der Waals surface area contributed by atoms with Gasteiger partial charge in [0.25, 0.3) is 0 Å². The van der Waals surface area contributed by atoms with E-state index >= 15 is 0 Å². The van der Waals surface area contributed by atoms with Crippen LogP contribution < -0.4 is 0 Å². The highest BCUT2D eigenvalue weighted by molar-refractivity contribution is 5.84. The first-order valence-electron chi connectivity index (χ1n) is 10.8. The molecule has 0 N–H and O–H groups in total. The summed E-state index contributed by atoms with van der Waals surface area (Å²) >= 11 is 0. The summed E-state index contributed by atoms with van der Waals surface area (Å²) in [5, 5.41) is 8.88. The molecule has 0 spiro atoms. The number of carbonyl (C=O) groups excluding carboxylic acids is 2. The van der Waals surface area contributed by atoms with Gasteiger partial charge in [-0.15, -0.1) is 0 Å². The third-order valence-electron chi connectivity index (χ3n) is 6.39. The Balaban J connectivity index is 1.39. The van der Waals surface area contributed by atoms with E-state index in [4.69, 9.17) is 10.00 Å². The Kier molecular flexibility index (Phi) is 6.31. The van der Waals surface area contributed by atoms with Crippen molar-refractivity contribution in [2.45, 2.75) is 57.2 Å². The Hall–Kier alpha value is -3.20. The minimum Gasteiger partial charge on any atom is -0.445 e. The molecule has 2 aromatic rings. The van der Waals surface area contributed by atoms with Gasteiger partial charge in [0.2, 0.25) is 0 Å². The number of ether oxygens (including phenoxy) is 1. The predicted octanol–water partition coefficient (Wildman–Crippen LogP) is 4.78. The van der Waals surface area contributed by atoms with Crippen LogP contribution in [-0.4, -0.2) is 28.9 Å². The van der Waals surface area contributed by atoms with Crippen molar-refractivity contribution in [1.29, 1.82) is 5.26 Å². The van der Waals surface area contributed by atoms with Crippen LogP contribution in [0, 0.1) is 23.1 Å². The largest absolute Gasteiger partial charge is 0.445 e. The molecule has 2 aromatic carbocycles. The molecule has 2 heterocycles. The lowest BCUT2D eigenvalue weighted by Crippen LogP contribution is -2.55. The molecule has 5 nitrogen and oxygen atoms in total. The zero-order valence-electron chi connectivity index (χ0n) is 17.3. The molecule has 31 heavy (non-hydrogen) atoms. The molecule has 6 heteroatoms. The quantitative estimate of drug-likeness (QED) is 0.698. The van der Waals surface area contributed by atoms with Gasteiger partial charge in [-0.25, -0.2) is 9.18 Å². The van der Waals surface area contributed by atoms with Gasteiger partial charge in [0.05, 0.1) is 11.6 Å². The molecule has 2 atom stereocenters. The summed E-state index contributed by atoms with van der Waals surface area (Å²) in [7, 11) is 0. The zero-order chi connectivity index (χ0) is 21.8. The highest BCUT2D eigenvalue weighted by Crippen LogP contribution is 2.38. The molecule has 0 aromatic heterocycles. The summed E-state index contributed by atoms with van der Waals surface area (Å²) in [5.41, 5.74) is 1.50. The Morgan fingerprint density at radius 2 is 1.81 bits per heavy atom. The van der Waals surface area contributed by atoms with E-state index in [1.165, 1.54) is 18.2 Å². The number of amides is 1. The van der Waals surface area contributed by atoms with E-state index in [1.54, 1.807) is 0 Å². The van der Waals surface area contributed by atoms with Crippen molar-refractivity contribution in [3.63, 3.8) is 0 Å². The monoisotopic (exact) mass is 420 g/mol. The summed E-state index contributed by atoms with van der Waals surface area (Å²) in [4.78, 5) is 27.6. The molecular formula is C25H25FN2O3. The Morgan fingerprint density at radius 3 is 2.45 bits per heavy atom. The van der Waals surface area contributed by atoms with Crippen LogP contribution in [0.3, 0.4) is 0 Å². The molecule has 2 unspecified atom stereocenters. The molecule has 2 saturated heterocycles. The second-order valence-corrected chi connectivity index (χ2v) is 8.42. The number of fused-ring (bicyclic) bond motifs is 2. The number of carbonyl (C=O) groups is 2. The summed E-state index contributed by atoms with van der Waals surface area (Å²) in [5.74, 6) is -0.712. The maximum Gasteiger partial charge on any atom is 0.410 e. The van der Waals surface area contributed by atoms with E-state index in [0.717, 1.165) is 24.8 Å². The second-order valence-electron chi connectivity index (χ2n) is 8.42. The Bertz CT molecular complexity index is 988. The van der Waals surface area contributed by atoms with E-state index < -0.39 is 5.82 Å². The van der Waals surface area contributed by atoms with Crippen molar-refractivity contribution >= 4 is 11.9 Å². The number of ketones is 1. The Labute approximate surface area is 181 Å². The number of hydrogen-bond donors (Lipinski definition) is 0. The van der Waals surface area contributed by atoms with E-state index in [-0.39, 0.29) is 48.5 Å². The number of piperidine rings is 2. The molecule has 0 saturated carbocycles. The molecule has 0 aliphatic carbocycles. The van der Waals surface area contributed by atoms with Gasteiger partial charge >= 0.3 is 6.09 Å². The molecule has 2 bridgehead atoms. The van der Waals surface area contributed by atoms with Crippen LogP contribution in [0.2, 0.25) is 0 Å². The van der Waals surface area contributed by atoms with Crippen LogP contribution in [-0.2, 0) is 22.6 Å². The fourth-order valence-corrected chi connectivity index (χ4v) is 4.83. The van der Waals surface area contributed by atoms with E-state index in [1.807, 2.05) is 41.3 Å². The molecular weight excluding hydrogens is 395 g/mol. The number of nitriles is 1. The molecule has 2 aliphatic heterocycles. The van der Waals surface area contributed by atoms with Crippen LogP contribution in [0.15, 0.2) is 48.5 Å². The number of hydrogen-bond acceptors (Lipinski definition) is 4. The first kappa shape index (κ1) is 21.0. The SMILES string of the molecule is N#Cc1ccc(CC(=O)C2CC3CCCC(C2)N3C(=O)OCc2ccccc2)c(F)c1. The van der Waals surface area contributed by atoms with Crippen LogP contribution in [0.1, 0.15) is 48.8 Å². The molecule has 4 rings (SSSR count). The lowest BCUT2D eigenvalue weighted by molar-refractivity contribution is -0.126. The maximum absolute atomic E-state index is 14.2. The second kappa shape index (κ2) is 9.30. The number of nitrogens with zero attached hydrogens (tertiary/aromatic N) is 2. The van der Waals surface area contributed by atoms with Gasteiger partial charge in [-0.05, 0) is 55.4 Å². The first-order valence-corrected chi connectivity index (χ1v) is 10.8. The highest BCUT2D eigenvalue weighted by atomic mass is 19.1. The fraction of sp³-hybridized carbons (Fsp3) is 0.400. The van der Waals surface area contributed by atoms with Crippen LogP contribution in [0.5, 0.6) is 0 Å². The van der Waals surface area contributed by atoms with E-state index in [2.05, 4.69) is 0 Å². The number of rotatable bonds is 5. The van der Waals surface area contributed by atoms with Crippen LogP contribution in [0.25, 0.3) is 0 Å². The molecule has 2 aliphatic rings. The number of halogens is 1. The van der Waals surface area contributed by atoms with Crippen LogP contribution in [0.4, 0.5) is 9.18 Å². The van der Waals surface area contributed by atoms with Crippen molar-refractivity contribution in [1.82, 2.24) is 4.90 Å². The van der Waals surface area contributed by atoms with E-state index in [9.17, 15) is 14.0 Å². The van der Waals surface area contributed by atoms with Crippen molar-refractivity contribution in [3.05, 3.63) is 71.0 Å². The third kappa shape index (κ3) is 4.77. The summed E-state index contributed by atoms with van der Waals surface area (Å²) < 4.78 is 19.8. The third-order valence-corrected chi connectivity index (χ3v) is 6.39. The predicted molar refractivity (Wildman–Crippen MR) is 112 cm³/mol. The normalized spacial score (nSPS) is 22.5. The van der Waals surface area contributed by atoms with Crippen molar-refractivity contribution in [3.8, 4) is 6.07 Å². The zero-order valence-corrected chi connectivity index (χ0v) is 17.3. The van der Waals surface area contributed by atoms with Gasteiger partial charge in [0, 0.05) is 24.4 Å². The van der Waals surface area contributed by atoms with Crippen molar-refractivity contribution < 1.29 is 18.7 Å². The maximum atomic E-state index is 14.2. The Morgan fingerprint density at radius 1 is 1.10 bits per heavy atom. The number of benzene rings is 2. The minimum atomic E-state index is -0.519. The fourth-order valence-electron chi connectivity index (χ4n) is 4.83.